The molecule has 2 heterocycles. The molecular weight excluding hydrogens is 213 g/mol. The Morgan fingerprint density at radius 2 is 2.29 bits per heavy atom. The van der Waals surface area contributed by atoms with Gasteiger partial charge in [0.25, 0.3) is 0 Å². The number of hydrogen-bond donors (Lipinski definition) is 0. The molecule has 1 atom stereocenters. The summed E-state index contributed by atoms with van der Waals surface area (Å²) in [7, 11) is 8.51. The zero-order valence-electron chi connectivity index (χ0n) is 11.0. The van der Waals surface area contributed by atoms with Crippen molar-refractivity contribution in [2.75, 3.05) is 20.1 Å². The van der Waals surface area contributed by atoms with E-state index in [4.69, 9.17) is 4.52 Å². The second-order valence-electron chi connectivity index (χ2n) is 5.90. The SMILES string of the molecule is BC(B)(B)Cc1noc(C2CN=CN(C)C2)n1. The van der Waals surface area contributed by atoms with E-state index >= 15 is 0 Å². The molecule has 0 fully saturated rings. The lowest BCUT2D eigenvalue weighted by Gasteiger charge is -2.22. The lowest BCUT2D eigenvalue weighted by atomic mass is 9.41. The second-order valence-corrected chi connectivity index (χ2v) is 5.90. The smallest absolute Gasteiger partial charge is 0.233 e. The summed E-state index contributed by atoms with van der Waals surface area (Å²) >= 11 is 0. The molecule has 0 amide bonds. The summed E-state index contributed by atoms with van der Waals surface area (Å²) in [5.41, 5.74) is 0. The van der Waals surface area contributed by atoms with Gasteiger partial charge in [-0.25, -0.2) is 0 Å². The first-order valence-electron chi connectivity index (χ1n) is 5.97. The Balaban J connectivity index is 2.05. The summed E-state index contributed by atoms with van der Waals surface area (Å²) in [5.74, 6) is 1.74. The maximum absolute atomic E-state index is 5.34. The zero-order valence-corrected chi connectivity index (χ0v) is 11.0. The van der Waals surface area contributed by atoms with Crippen LogP contribution in [0.2, 0.25) is 5.11 Å². The van der Waals surface area contributed by atoms with Gasteiger partial charge in [0.05, 0.1) is 42.3 Å². The molecule has 0 radical (unpaired) electrons. The van der Waals surface area contributed by atoms with Gasteiger partial charge in [-0.3, -0.25) is 4.99 Å². The molecule has 1 aliphatic rings. The van der Waals surface area contributed by atoms with E-state index in [0.717, 1.165) is 25.3 Å². The molecule has 0 aliphatic carbocycles. The van der Waals surface area contributed by atoms with E-state index in [2.05, 4.69) is 38.7 Å². The fourth-order valence-electron chi connectivity index (χ4n) is 1.90. The third-order valence-corrected chi connectivity index (χ3v) is 2.63. The Labute approximate surface area is 104 Å². The minimum atomic E-state index is 0.183. The Morgan fingerprint density at radius 1 is 1.53 bits per heavy atom. The Kier molecular flexibility index (Phi) is 3.31. The molecule has 88 valence electrons. The standard InChI is InChI=1S/C9H17B3N4O/c1-16-4-6(3-13-5-16)8-14-7(15-17-8)2-9(10,11)12/h5-6H,2-4,10-12H2,1H3. The number of aliphatic imine (C=N–C) groups is 1. The fraction of sp³-hybridized carbons (Fsp3) is 0.667. The van der Waals surface area contributed by atoms with Gasteiger partial charge in [-0.1, -0.05) is 5.16 Å². The highest BCUT2D eigenvalue weighted by Gasteiger charge is 2.23. The van der Waals surface area contributed by atoms with Crippen LogP contribution in [0.3, 0.4) is 0 Å². The molecule has 0 saturated heterocycles. The van der Waals surface area contributed by atoms with Gasteiger partial charge in [0, 0.05) is 13.6 Å². The van der Waals surface area contributed by atoms with Gasteiger partial charge < -0.3 is 9.42 Å². The molecule has 0 aromatic carbocycles. The lowest BCUT2D eigenvalue weighted by Crippen LogP contribution is -2.29. The van der Waals surface area contributed by atoms with Crippen molar-refractivity contribution >= 4 is 29.9 Å². The molecule has 0 spiro atoms. The van der Waals surface area contributed by atoms with Crippen LogP contribution in [0.25, 0.3) is 0 Å². The van der Waals surface area contributed by atoms with Gasteiger partial charge in [-0.2, -0.15) is 4.98 Å². The third-order valence-electron chi connectivity index (χ3n) is 2.63. The first-order chi connectivity index (χ1) is 7.94. The van der Waals surface area contributed by atoms with E-state index < -0.39 is 0 Å². The zero-order chi connectivity index (χ0) is 12.5. The maximum Gasteiger partial charge on any atom is 0.233 e. The van der Waals surface area contributed by atoms with Crippen LogP contribution < -0.4 is 0 Å². The average Bonchev–Trinajstić information content (AvgIpc) is 2.63. The summed E-state index contributed by atoms with van der Waals surface area (Å²) in [6, 6.07) is 0. The fourth-order valence-corrected chi connectivity index (χ4v) is 1.90. The molecule has 2 rings (SSSR count). The Bertz CT molecular complexity index is 415. The molecule has 1 aromatic heterocycles. The van der Waals surface area contributed by atoms with Gasteiger partial charge in [0.1, 0.15) is 0 Å². The third kappa shape index (κ3) is 3.38. The first-order valence-corrected chi connectivity index (χ1v) is 5.97. The van der Waals surface area contributed by atoms with Crippen LogP contribution in [0.1, 0.15) is 17.6 Å². The van der Waals surface area contributed by atoms with Crippen LogP contribution in [0.15, 0.2) is 9.52 Å². The molecule has 1 aliphatic heterocycles. The molecule has 5 nitrogen and oxygen atoms in total. The van der Waals surface area contributed by atoms with Crippen molar-refractivity contribution in [3.05, 3.63) is 11.7 Å². The molecule has 1 aromatic rings. The molecule has 0 N–H and O–H groups in total. The van der Waals surface area contributed by atoms with Crippen LogP contribution in [0.4, 0.5) is 0 Å². The summed E-state index contributed by atoms with van der Waals surface area (Å²) in [6.07, 6.45) is 2.69. The second kappa shape index (κ2) is 4.59. The lowest BCUT2D eigenvalue weighted by molar-refractivity contribution is 0.321. The minimum Gasteiger partial charge on any atom is -0.365 e. The highest BCUT2D eigenvalue weighted by molar-refractivity contribution is 6.58. The van der Waals surface area contributed by atoms with E-state index in [1.165, 1.54) is 0 Å². The highest BCUT2D eigenvalue weighted by Crippen LogP contribution is 2.20. The topological polar surface area (TPSA) is 54.5 Å². The van der Waals surface area contributed by atoms with Crippen molar-refractivity contribution in [2.24, 2.45) is 4.99 Å². The van der Waals surface area contributed by atoms with Gasteiger partial charge in [0.2, 0.25) is 5.89 Å². The summed E-state index contributed by atoms with van der Waals surface area (Å²) in [5, 5.41) is 4.23. The van der Waals surface area contributed by atoms with Crippen LogP contribution in [-0.4, -0.2) is 65.1 Å². The molecule has 0 bridgehead atoms. The van der Waals surface area contributed by atoms with Crippen LogP contribution >= 0.6 is 0 Å². The van der Waals surface area contributed by atoms with E-state index in [1.807, 2.05) is 18.3 Å². The van der Waals surface area contributed by atoms with Gasteiger partial charge in [-0.05, 0) is 6.42 Å². The van der Waals surface area contributed by atoms with Crippen LogP contribution in [-0.2, 0) is 6.42 Å². The number of hydrogen-bond acceptors (Lipinski definition) is 5. The van der Waals surface area contributed by atoms with E-state index in [9.17, 15) is 0 Å². The van der Waals surface area contributed by atoms with Crippen molar-refractivity contribution in [1.29, 1.82) is 0 Å². The predicted molar refractivity (Wildman–Crippen MR) is 75.1 cm³/mol. The molecule has 8 heteroatoms. The van der Waals surface area contributed by atoms with Gasteiger partial charge in [-0.15, -0.1) is 5.11 Å². The van der Waals surface area contributed by atoms with Gasteiger partial charge >= 0.3 is 0 Å². The number of aromatic nitrogens is 2. The minimum absolute atomic E-state index is 0.183. The van der Waals surface area contributed by atoms with Crippen molar-refractivity contribution < 1.29 is 4.52 Å². The molecule has 17 heavy (non-hydrogen) atoms. The summed E-state index contributed by atoms with van der Waals surface area (Å²) in [6.45, 7) is 1.63. The molecule has 0 saturated carbocycles. The first kappa shape index (κ1) is 12.3. The number of likely N-dealkylation sites (N-methyl/N-ethyl adjacent to an activating group) is 1. The highest BCUT2D eigenvalue weighted by atomic mass is 16.5. The maximum atomic E-state index is 5.34. The van der Waals surface area contributed by atoms with Crippen molar-refractivity contribution in [3.63, 3.8) is 0 Å². The van der Waals surface area contributed by atoms with Crippen molar-refractivity contribution in [3.8, 4) is 0 Å². The van der Waals surface area contributed by atoms with E-state index in [-0.39, 0.29) is 11.0 Å². The summed E-state index contributed by atoms with van der Waals surface area (Å²) < 4.78 is 5.34. The predicted octanol–water partition coefficient (Wildman–Crippen LogP) is -2.36. The van der Waals surface area contributed by atoms with Gasteiger partial charge in [0.15, 0.2) is 5.82 Å². The normalized spacial score (nSPS) is 20.8. The Hall–Kier alpha value is -1.20. The summed E-state index contributed by atoms with van der Waals surface area (Å²) in [4.78, 5) is 10.8. The van der Waals surface area contributed by atoms with E-state index in [0.29, 0.717) is 5.89 Å². The monoisotopic (exact) mass is 230 g/mol. The average molecular weight is 230 g/mol. The molecule has 1 unspecified atom stereocenters. The van der Waals surface area contributed by atoms with Crippen molar-refractivity contribution in [2.45, 2.75) is 17.5 Å². The quantitative estimate of drug-likeness (QED) is 0.545. The number of rotatable bonds is 3. The Morgan fingerprint density at radius 3 is 2.94 bits per heavy atom. The van der Waals surface area contributed by atoms with Crippen LogP contribution in [0.5, 0.6) is 0 Å². The largest absolute Gasteiger partial charge is 0.365 e. The molecular formula is C9H17B3N4O. The van der Waals surface area contributed by atoms with Crippen LogP contribution in [0, 0.1) is 0 Å². The van der Waals surface area contributed by atoms with E-state index in [1.54, 1.807) is 0 Å². The number of nitrogens with zero attached hydrogens (tertiary/aromatic N) is 4. The van der Waals surface area contributed by atoms with Crippen molar-refractivity contribution in [1.82, 2.24) is 15.0 Å².